The molecule has 3 heterocycles. The van der Waals surface area contributed by atoms with Gasteiger partial charge in [0, 0.05) is 51.4 Å². The third-order valence-electron chi connectivity index (χ3n) is 4.40. The number of carbonyl (C=O) groups is 1. The maximum atomic E-state index is 12.4. The quantitative estimate of drug-likeness (QED) is 0.912. The molecule has 1 saturated heterocycles. The SMILES string of the molecule is Cc1noc(C2CCN(C(=O)NCc3cccnc3N(C)C)CC2)n1. The summed E-state index contributed by atoms with van der Waals surface area (Å²) in [6.45, 7) is 3.65. The number of rotatable bonds is 4. The number of nitrogens with zero attached hydrogens (tertiary/aromatic N) is 5. The van der Waals surface area contributed by atoms with Crippen LogP contribution in [0.4, 0.5) is 10.6 Å². The van der Waals surface area contributed by atoms with Crippen molar-refractivity contribution in [3.05, 3.63) is 35.6 Å². The molecule has 0 unspecified atom stereocenters. The molecule has 25 heavy (non-hydrogen) atoms. The van der Waals surface area contributed by atoms with Gasteiger partial charge in [-0.1, -0.05) is 11.2 Å². The van der Waals surface area contributed by atoms with Gasteiger partial charge in [-0.15, -0.1) is 0 Å². The van der Waals surface area contributed by atoms with Crippen LogP contribution in [0, 0.1) is 6.92 Å². The zero-order valence-electron chi connectivity index (χ0n) is 14.9. The molecule has 0 aliphatic carbocycles. The van der Waals surface area contributed by atoms with E-state index in [9.17, 15) is 4.79 Å². The summed E-state index contributed by atoms with van der Waals surface area (Å²) < 4.78 is 5.25. The van der Waals surface area contributed by atoms with Gasteiger partial charge in [0.2, 0.25) is 5.89 Å². The van der Waals surface area contributed by atoms with Crippen LogP contribution in [0.2, 0.25) is 0 Å². The Morgan fingerprint density at radius 1 is 1.40 bits per heavy atom. The molecule has 8 nitrogen and oxygen atoms in total. The van der Waals surface area contributed by atoms with Crippen molar-refractivity contribution in [1.82, 2.24) is 25.3 Å². The number of likely N-dealkylation sites (tertiary alicyclic amines) is 1. The summed E-state index contributed by atoms with van der Waals surface area (Å²) >= 11 is 0. The number of anilines is 1. The fourth-order valence-corrected chi connectivity index (χ4v) is 3.06. The van der Waals surface area contributed by atoms with E-state index in [1.165, 1.54) is 0 Å². The van der Waals surface area contributed by atoms with Crippen LogP contribution < -0.4 is 10.2 Å². The number of aromatic nitrogens is 3. The molecule has 0 saturated carbocycles. The normalized spacial score (nSPS) is 15.2. The number of nitrogens with one attached hydrogen (secondary N) is 1. The van der Waals surface area contributed by atoms with Crippen LogP contribution in [0.1, 0.15) is 36.0 Å². The number of carbonyl (C=O) groups excluding carboxylic acids is 1. The topological polar surface area (TPSA) is 87.4 Å². The minimum atomic E-state index is -0.0475. The molecule has 0 radical (unpaired) electrons. The van der Waals surface area contributed by atoms with Crippen molar-refractivity contribution < 1.29 is 9.32 Å². The van der Waals surface area contributed by atoms with E-state index in [4.69, 9.17) is 4.52 Å². The Morgan fingerprint density at radius 2 is 2.16 bits per heavy atom. The highest BCUT2D eigenvalue weighted by Gasteiger charge is 2.27. The second-order valence-electron chi connectivity index (χ2n) is 6.48. The smallest absolute Gasteiger partial charge is 0.317 e. The molecule has 2 amide bonds. The fourth-order valence-electron chi connectivity index (χ4n) is 3.06. The highest BCUT2D eigenvalue weighted by molar-refractivity contribution is 5.74. The van der Waals surface area contributed by atoms with Crippen molar-refractivity contribution in [1.29, 1.82) is 0 Å². The Bertz CT molecular complexity index is 721. The average molecular weight is 344 g/mol. The first-order valence-electron chi connectivity index (χ1n) is 8.49. The van der Waals surface area contributed by atoms with Crippen molar-refractivity contribution in [2.75, 3.05) is 32.1 Å². The van der Waals surface area contributed by atoms with Gasteiger partial charge in [-0.25, -0.2) is 9.78 Å². The molecule has 0 aromatic carbocycles. The molecule has 2 aromatic rings. The van der Waals surface area contributed by atoms with Gasteiger partial charge in [-0.2, -0.15) is 4.98 Å². The van der Waals surface area contributed by atoms with E-state index in [1.54, 1.807) is 6.20 Å². The van der Waals surface area contributed by atoms with Gasteiger partial charge < -0.3 is 19.6 Å². The summed E-state index contributed by atoms with van der Waals surface area (Å²) in [5.41, 5.74) is 0.997. The number of aryl methyl sites for hydroxylation is 1. The highest BCUT2D eigenvalue weighted by atomic mass is 16.5. The van der Waals surface area contributed by atoms with Crippen LogP contribution in [0.3, 0.4) is 0 Å². The molecule has 134 valence electrons. The Balaban J connectivity index is 1.52. The molecule has 1 aliphatic heterocycles. The lowest BCUT2D eigenvalue weighted by molar-refractivity contribution is 0.175. The van der Waals surface area contributed by atoms with Crippen molar-refractivity contribution in [2.45, 2.75) is 32.2 Å². The maximum absolute atomic E-state index is 12.4. The lowest BCUT2D eigenvalue weighted by atomic mass is 9.97. The first kappa shape index (κ1) is 17.2. The largest absolute Gasteiger partial charge is 0.362 e. The highest BCUT2D eigenvalue weighted by Crippen LogP contribution is 2.26. The third kappa shape index (κ3) is 4.07. The molecule has 1 N–H and O–H groups in total. The molecule has 0 atom stereocenters. The van der Waals surface area contributed by atoms with Crippen LogP contribution in [0.5, 0.6) is 0 Å². The monoisotopic (exact) mass is 344 g/mol. The summed E-state index contributed by atoms with van der Waals surface area (Å²) in [4.78, 5) is 24.9. The van der Waals surface area contributed by atoms with Crippen molar-refractivity contribution in [3.8, 4) is 0 Å². The van der Waals surface area contributed by atoms with E-state index >= 15 is 0 Å². The molecule has 0 spiro atoms. The number of amides is 2. The van der Waals surface area contributed by atoms with Gasteiger partial charge in [-0.05, 0) is 25.8 Å². The molecular weight excluding hydrogens is 320 g/mol. The van der Waals surface area contributed by atoms with Gasteiger partial charge in [0.15, 0.2) is 5.82 Å². The summed E-state index contributed by atoms with van der Waals surface area (Å²) in [5.74, 6) is 2.45. The Hall–Kier alpha value is -2.64. The van der Waals surface area contributed by atoms with E-state index in [-0.39, 0.29) is 11.9 Å². The van der Waals surface area contributed by atoms with Gasteiger partial charge in [0.05, 0.1) is 0 Å². The van der Waals surface area contributed by atoms with Gasteiger partial charge in [0.25, 0.3) is 0 Å². The maximum Gasteiger partial charge on any atom is 0.317 e. The van der Waals surface area contributed by atoms with Crippen molar-refractivity contribution in [2.24, 2.45) is 0 Å². The number of urea groups is 1. The number of pyridine rings is 1. The van der Waals surface area contributed by atoms with Gasteiger partial charge in [-0.3, -0.25) is 0 Å². The number of hydrogen-bond acceptors (Lipinski definition) is 6. The molecule has 3 rings (SSSR count). The van der Waals surface area contributed by atoms with Crippen molar-refractivity contribution in [3.63, 3.8) is 0 Å². The van der Waals surface area contributed by atoms with E-state index in [0.29, 0.717) is 31.3 Å². The predicted molar refractivity (Wildman–Crippen MR) is 93.4 cm³/mol. The third-order valence-corrected chi connectivity index (χ3v) is 4.40. The van der Waals surface area contributed by atoms with Crippen LogP contribution in [0.15, 0.2) is 22.9 Å². The second-order valence-corrected chi connectivity index (χ2v) is 6.48. The van der Waals surface area contributed by atoms with E-state index in [2.05, 4.69) is 20.4 Å². The fraction of sp³-hybridized carbons (Fsp3) is 0.529. The zero-order valence-corrected chi connectivity index (χ0v) is 14.9. The zero-order chi connectivity index (χ0) is 17.8. The minimum absolute atomic E-state index is 0.0475. The summed E-state index contributed by atoms with van der Waals surface area (Å²) in [6, 6.07) is 3.81. The lowest BCUT2D eigenvalue weighted by Crippen LogP contribution is -2.44. The summed E-state index contributed by atoms with van der Waals surface area (Å²) in [7, 11) is 3.88. The van der Waals surface area contributed by atoms with Crippen LogP contribution in [-0.4, -0.2) is 53.2 Å². The molecule has 1 aliphatic rings. The standard InChI is InChI=1S/C17H24N6O2/c1-12-20-16(25-21-12)13-6-9-23(10-7-13)17(24)19-11-14-5-4-8-18-15(14)22(2)3/h4-5,8,13H,6-7,9-11H2,1-3H3,(H,19,24). The van der Waals surface area contributed by atoms with Crippen LogP contribution in [-0.2, 0) is 6.54 Å². The molecule has 0 bridgehead atoms. The first-order valence-corrected chi connectivity index (χ1v) is 8.49. The van der Waals surface area contributed by atoms with E-state index in [0.717, 1.165) is 24.2 Å². The van der Waals surface area contributed by atoms with E-state index < -0.39 is 0 Å². The van der Waals surface area contributed by atoms with Crippen molar-refractivity contribution >= 4 is 11.8 Å². The Kier molecular flexibility index (Phi) is 5.16. The van der Waals surface area contributed by atoms with Gasteiger partial charge in [0.1, 0.15) is 5.82 Å². The molecular formula is C17H24N6O2. The average Bonchev–Trinajstić information content (AvgIpc) is 3.06. The molecule has 8 heteroatoms. The van der Waals surface area contributed by atoms with Crippen LogP contribution >= 0.6 is 0 Å². The number of hydrogen-bond donors (Lipinski definition) is 1. The number of piperidine rings is 1. The van der Waals surface area contributed by atoms with E-state index in [1.807, 2.05) is 43.0 Å². The first-order chi connectivity index (χ1) is 12.0. The summed E-state index contributed by atoms with van der Waals surface area (Å²) in [6.07, 6.45) is 3.43. The molecule has 2 aromatic heterocycles. The lowest BCUT2D eigenvalue weighted by Gasteiger charge is -2.30. The summed E-state index contributed by atoms with van der Waals surface area (Å²) in [5, 5.41) is 6.83. The molecule has 1 fully saturated rings. The Morgan fingerprint density at radius 3 is 2.80 bits per heavy atom. The van der Waals surface area contributed by atoms with Gasteiger partial charge >= 0.3 is 6.03 Å². The Labute approximate surface area is 147 Å². The van der Waals surface area contributed by atoms with Crippen LogP contribution in [0.25, 0.3) is 0 Å². The second kappa shape index (κ2) is 7.50. The predicted octanol–water partition coefficient (Wildman–Crippen LogP) is 1.93. The minimum Gasteiger partial charge on any atom is -0.362 e.